The molecule has 4 fully saturated rings. The van der Waals surface area contributed by atoms with Gasteiger partial charge in [0.2, 0.25) is 35.4 Å². The van der Waals surface area contributed by atoms with Crippen molar-refractivity contribution in [2.45, 2.75) is 181 Å². The first kappa shape index (κ1) is 106. The number of fused-ring (bicyclic) bond motifs is 4. The van der Waals surface area contributed by atoms with Gasteiger partial charge >= 0.3 is 5.97 Å². The molecule has 4 atom stereocenters. The molecule has 137 heavy (non-hydrogen) atoms. The SMILES string of the molecule is C.C.CCCCOCCOCCOCCCNC(=O)COc1cccc2c1C(=O)N(C1CCC(=O)NC1=O)C2=O.COc1cc(C(=O)NCCCOCCOCCOCCCNC(=O)COc2cccc3c2C(=O)N(C2CCC(=O)NC2=O)C3=O)ccc1Nc1ccc2c(n1)N(C1CCCC1)[C@H](C)C(=O)N2C.COc1cc(C(=O)O)ccc1Nc1ccc2c(n1)N(C1CCCC1)[C@@H](C)C(=O)N2C. The number of carboxylic acids is 1. The predicted octanol–water partition coefficient (Wildman–Crippen LogP) is 8.84. The van der Waals surface area contributed by atoms with E-state index in [1.807, 2.05) is 38.1 Å². The van der Waals surface area contributed by atoms with Crippen LogP contribution in [0.5, 0.6) is 23.0 Å². The molecule has 40 heteroatoms. The Kier molecular flexibility index (Phi) is 39.8. The third kappa shape index (κ3) is 26.9. The number of amides is 13. The topological polar surface area (TPSA) is 481 Å². The zero-order valence-corrected chi connectivity index (χ0v) is 77.1. The maximum absolute atomic E-state index is 13.2. The highest BCUT2D eigenvalue weighted by Gasteiger charge is 2.49. The van der Waals surface area contributed by atoms with E-state index in [0.717, 1.165) is 104 Å². The molecule has 14 rings (SSSR count). The van der Waals surface area contributed by atoms with Gasteiger partial charge in [0.25, 0.3) is 41.4 Å². The predicted molar refractivity (Wildman–Crippen MR) is 506 cm³/mol. The van der Waals surface area contributed by atoms with Crippen LogP contribution in [0.25, 0.3) is 0 Å². The number of aromatic nitrogens is 2. The summed E-state index contributed by atoms with van der Waals surface area (Å²) in [5.74, 6) is -3.17. The smallest absolute Gasteiger partial charge is 0.335 e. The fraction of sp³-hybridized carbons (Fsp3) is 0.505. The van der Waals surface area contributed by atoms with Gasteiger partial charge in [-0.1, -0.05) is 66.0 Å². The number of hydrogen-bond donors (Lipinski definition) is 8. The monoisotopic (exact) mass is 1900 g/mol. The molecule has 740 valence electrons. The number of carbonyl (C=O) groups excluding carboxylic acids is 13. The Hall–Kier alpha value is -13.3. The van der Waals surface area contributed by atoms with Crippen LogP contribution < -0.4 is 75.8 Å². The summed E-state index contributed by atoms with van der Waals surface area (Å²) in [5.41, 5.74) is 3.57. The van der Waals surface area contributed by atoms with Crippen molar-refractivity contribution >= 4 is 129 Å². The van der Waals surface area contributed by atoms with E-state index in [2.05, 4.69) is 53.9 Å². The summed E-state index contributed by atoms with van der Waals surface area (Å²) < 4.78 is 55.2. The number of piperidine rings is 2. The van der Waals surface area contributed by atoms with E-state index in [1.165, 1.54) is 55.6 Å². The van der Waals surface area contributed by atoms with Gasteiger partial charge in [0, 0.05) is 90.6 Å². The largest absolute Gasteiger partial charge is 0.495 e. The lowest BCUT2D eigenvalue weighted by atomic mass is 10.0. The van der Waals surface area contributed by atoms with Gasteiger partial charge in [0.15, 0.2) is 24.8 Å². The first-order valence-electron chi connectivity index (χ1n) is 45.8. The van der Waals surface area contributed by atoms with E-state index in [1.54, 1.807) is 55.3 Å². The van der Waals surface area contributed by atoms with Gasteiger partial charge in [-0.3, -0.25) is 82.8 Å². The number of ether oxygens (including phenoxy) is 10. The molecular weight excluding hydrogens is 1780 g/mol. The molecule has 4 aromatic carbocycles. The molecule has 8 heterocycles. The van der Waals surface area contributed by atoms with E-state index in [4.69, 9.17) is 57.3 Å². The number of carbonyl (C=O) groups is 14. The van der Waals surface area contributed by atoms with Crippen LogP contribution in [-0.2, 0) is 66.8 Å². The Morgan fingerprint density at radius 2 is 0.818 bits per heavy atom. The number of rotatable bonds is 45. The molecule has 0 bridgehead atoms. The number of nitrogens with one attached hydrogen (secondary N) is 7. The lowest BCUT2D eigenvalue weighted by Crippen LogP contribution is -2.54. The van der Waals surface area contributed by atoms with Crippen LogP contribution in [-0.4, -0.2) is 284 Å². The van der Waals surface area contributed by atoms with Gasteiger partial charge < -0.3 is 98.7 Å². The van der Waals surface area contributed by atoms with Crippen molar-refractivity contribution in [1.29, 1.82) is 0 Å². The van der Waals surface area contributed by atoms with E-state index in [-0.39, 0.29) is 122 Å². The van der Waals surface area contributed by atoms with Crippen molar-refractivity contribution in [3.8, 4) is 23.0 Å². The second-order valence-corrected chi connectivity index (χ2v) is 33.2. The van der Waals surface area contributed by atoms with Gasteiger partial charge in [-0.25, -0.2) is 14.8 Å². The van der Waals surface area contributed by atoms with Crippen molar-refractivity contribution in [2.24, 2.45) is 0 Å². The van der Waals surface area contributed by atoms with Crippen LogP contribution in [0.4, 0.5) is 46.0 Å². The molecule has 40 nitrogen and oxygen atoms in total. The van der Waals surface area contributed by atoms with Crippen LogP contribution in [0, 0.1) is 0 Å². The molecule has 0 radical (unpaired) electrons. The molecule has 8 N–H and O–H groups in total. The molecule has 6 aromatic rings. The fourth-order valence-corrected chi connectivity index (χ4v) is 17.0. The van der Waals surface area contributed by atoms with Crippen molar-refractivity contribution in [3.63, 3.8) is 0 Å². The first-order valence-corrected chi connectivity index (χ1v) is 45.8. The average molecular weight is 1900 g/mol. The molecular formula is C97H127N15O25. The first-order chi connectivity index (χ1) is 65.3. The molecule has 2 saturated heterocycles. The van der Waals surface area contributed by atoms with Crippen molar-refractivity contribution in [1.82, 2.24) is 46.4 Å². The molecule has 2 unspecified atom stereocenters. The van der Waals surface area contributed by atoms with Gasteiger partial charge in [0.05, 0.1) is 118 Å². The minimum absolute atomic E-state index is 0. The Labute approximate surface area is 796 Å². The number of methoxy groups -OCH3 is 2. The van der Waals surface area contributed by atoms with Crippen LogP contribution in [0.2, 0.25) is 0 Å². The number of pyridine rings is 2. The highest BCUT2D eigenvalue weighted by molar-refractivity contribution is 6.26. The summed E-state index contributed by atoms with van der Waals surface area (Å²) >= 11 is 0. The Morgan fingerprint density at radius 1 is 0.445 bits per heavy atom. The number of carboxylic acid groups (broad SMARTS) is 1. The summed E-state index contributed by atoms with van der Waals surface area (Å²) in [4.78, 5) is 193. The number of hydrogen-bond acceptors (Lipinski definition) is 30. The zero-order chi connectivity index (χ0) is 96.2. The minimum atomic E-state index is -1.11. The third-order valence-corrected chi connectivity index (χ3v) is 24.0. The van der Waals surface area contributed by atoms with Gasteiger partial charge in [-0.05, 0) is 163 Å². The van der Waals surface area contributed by atoms with Gasteiger partial charge in [-0.15, -0.1) is 0 Å². The van der Waals surface area contributed by atoms with E-state index < -0.39 is 83.7 Å². The maximum Gasteiger partial charge on any atom is 0.335 e. The van der Waals surface area contributed by atoms with Crippen LogP contribution in [0.15, 0.2) is 97.1 Å². The molecule has 6 aliphatic heterocycles. The summed E-state index contributed by atoms with van der Waals surface area (Å²) in [6, 6.07) is 24.1. The lowest BCUT2D eigenvalue weighted by molar-refractivity contribution is -0.137. The molecule has 2 aliphatic carbocycles. The summed E-state index contributed by atoms with van der Waals surface area (Å²) in [6.07, 6.45) is 12.8. The van der Waals surface area contributed by atoms with Gasteiger partial charge in [-0.2, -0.15) is 0 Å². The quantitative estimate of drug-likeness (QED) is 0.0131. The molecule has 8 aliphatic rings. The second-order valence-electron chi connectivity index (χ2n) is 33.2. The van der Waals surface area contributed by atoms with E-state index >= 15 is 0 Å². The number of anilines is 8. The normalized spacial score (nSPS) is 17.8. The maximum atomic E-state index is 13.2. The molecule has 13 amide bonds. The van der Waals surface area contributed by atoms with Crippen LogP contribution in [0.1, 0.15) is 207 Å². The van der Waals surface area contributed by atoms with E-state index in [0.29, 0.717) is 158 Å². The Morgan fingerprint density at radius 3 is 1.20 bits per heavy atom. The number of imide groups is 4. The van der Waals surface area contributed by atoms with Gasteiger partial charge in [0.1, 0.15) is 58.8 Å². The number of aromatic carboxylic acids is 1. The lowest BCUT2D eigenvalue weighted by Gasteiger charge is -2.42. The van der Waals surface area contributed by atoms with E-state index in [9.17, 15) is 72.2 Å². The minimum Gasteiger partial charge on any atom is -0.495 e. The molecule has 2 aromatic heterocycles. The summed E-state index contributed by atoms with van der Waals surface area (Å²) in [7, 11) is 6.61. The zero-order valence-electron chi connectivity index (χ0n) is 77.1. The molecule has 0 spiro atoms. The van der Waals surface area contributed by atoms with Crippen molar-refractivity contribution in [3.05, 3.63) is 130 Å². The highest BCUT2D eigenvalue weighted by Crippen LogP contribution is 2.44. The third-order valence-electron chi connectivity index (χ3n) is 24.0. The van der Waals surface area contributed by atoms with Crippen LogP contribution >= 0.6 is 0 Å². The number of nitrogens with zero attached hydrogens (tertiary/aromatic N) is 8. The summed E-state index contributed by atoms with van der Waals surface area (Å²) in [6.45, 7) is 11.9. The standard InChI is InChI=1S/C47H58N8O12.C26H35N3O9.C22H26N4O4.2CH4/c1-29-45(60)53(2)34-15-17-38(51-42(34)54(29)31-9-4-5-10-31)50-33-14-13-30(27-37(33)63-3)43(58)49-20-8-22-65-24-26-66-25-23-64-21-7-19-48-40(57)28-67-36-12-6-11-32-41(36)47(62)55(46(32)61)35-16-18-39(56)52-44(35)59;1-2-3-11-35-13-15-37-16-14-36-12-5-10-27-22(31)17-38-20-7-4-6-18-23(20)26(34)29(25(18)33)19-8-9-21(30)28-24(19)32;1-13-21(27)25(2)17-10-11-19(24-20(17)26(13)15-6-4-5-7-15)23-16-9-8-14(22(28)29)12-18(16)30-3;;/h6,11-15,17,27,29,31,35H,4-5,7-10,16,18-26,28H2,1-3H3,(H,48,57)(H,49,58)(H,50,51)(H,52,56,59);4,6-7,19H,2-3,5,8-17H2,1H3,(H,27,31)(H,28,30,32);8-13,15H,4-7H2,1-3H3,(H,23,24)(H,28,29);2*1H4/t29-,35?;;13-;;/m1.0../s1. The molecule has 2 saturated carbocycles. The van der Waals surface area contributed by atoms with Crippen LogP contribution in [0.3, 0.4) is 0 Å². The number of unbranched alkanes of at least 4 members (excludes halogenated alkanes) is 1. The Balaban J connectivity index is 0.000000233. The number of benzene rings is 4. The highest BCUT2D eigenvalue weighted by atomic mass is 16.6. The second kappa shape index (κ2) is 51.6. The fourth-order valence-electron chi connectivity index (χ4n) is 17.0. The van der Waals surface area contributed by atoms with Crippen molar-refractivity contribution < 1.29 is 120 Å². The summed E-state index contributed by atoms with van der Waals surface area (Å²) in [5, 5.41) is 28.4. The average Bonchev–Trinajstić information content (AvgIpc) is 1.32. The number of likely N-dealkylation sites (N-methyl/N-ethyl adjacent to an activating group) is 2. The Bertz CT molecular complexity index is 5300. The van der Waals surface area contributed by atoms with Crippen molar-refractivity contribution in [2.75, 3.05) is 171 Å².